The molecule has 3 aromatic rings. The number of para-hydroxylation sites is 1. The first-order valence-corrected chi connectivity index (χ1v) is 14.2. The van der Waals surface area contributed by atoms with Crippen LogP contribution in [0.25, 0.3) is 10.9 Å². The highest BCUT2D eigenvalue weighted by Gasteiger charge is 2.31. The molecule has 1 aromatic heterocycles. The molecule has 0 radical (unpaired) electrons. The summed E-state index contributed by atoms with van der Waals surface area (Å²) in [6.45, 7) is 0.354. The summed E-state index contributed by atoms with van der Waals surface area (Å²) in [5, 5.41) is 27.9. The van der Waals surface area contributed by atoms with Gasteiger partial charge in [0.25, 0.3) is 0 Å². The third-order valence-corrected chi connectivity index (χ3v) is 7.06. The van der Waals surface area contributed by atoms with Crippen molar-refractivity contribution in [2.45, 2.75) is 62.7 Å². The van der Waals surface area contributed by atoms with Crippen LogP contribution in [0.4, 0.5) is 0 Å². The molecule has 0 saturated carbocycles. The SMILES string of the molecule is NCCCCC(NC(=O)C(N)CC(N)=O)C(=O)NC(Cc1c[nH]c2ccccc12)C(=O)NC(Cc1ccc(O)cc1)C(=O)O. The van der Waals surface area contributed by atoms with E-state index in [1.165, 1.54) is 12.1 Å². The monoisotopic (exact) mass is 609 g/mol. The third kappa shape index (κ3) is 9.81. The van der Waals surface area contributed by atoms with Crippen molar-refractivity contribution in [1.82, 2.24) is 20.9 Å². The average molecular weight is 610 g/mol. The van der Waals surface area contributed by atoms with Gasteiger partial charge in [0.15, 0.2) is 0 Å². The van der Waals surface area contributed by atoms with Crippen LogP contribution in [0.15, 0.2) is 54.7 Å². The molecule has 0 fully saturated rings. The molecule has 4 amide bonds. The highest BCUT2D eigenvalue weighted by Crippen LogP contribution is 2.20. The predicted molar refractivity (Wildman–Crippen MR) is 162 cm³/mol. The van der Waals surface area contributed by atoms with Gasteiger partial charge >= 0.3 is 5.97 Å². The summed E-state index contributed by atoms with van der Waals surface area (Å²) >= 11 is 0. The molecule has 3 rings (SSSR count). The van der Waals surface area contributed by atoms with Gasteiger partial charge in [0.05, 0.1) is 12.5 Å². The number of phenolic OH excluding ortho intramolecular Hbond substituents is 1. The standard InChI is InChI=1S/C30H39N7O7/c31-12-4-3-7-23(35-27(40)21(32)15-26(33)39)28(41)36-24(14-18-16-34-22-6-2-1-5-20(18)22)29(42)37-25(30(43)44)13-17-8-10-19(38)11-9-17/h1-2,5-6,8-11,16,21,23-25,34,38H,3-4,7,12-15,31-32H2,(H2,33,39)(H,35,40)(H,36,41)(H,37,42)(H,43,44). The molecule has 4 atom stereocenters. The fourth-order valence-electron chi connectivity index (χ4n) is 4.69. The van der Waals surface area contributed by atoms with Crippen LogP contribution in [0.5, 0.6) is 5.75 Å². The number of aromatic amines is 1. The molecule has 0 saturated heterocycles. The van der Waals surface area contributed by atoms with Crippen molar-refractivity contribution in [1.29, 1.82) is 0 Å². The van der Waals surface area contributed by atoms with Crippen molar-refractivity contribution < 1.29 is 34.2 Å². The van der Waals surface area contributed by atoms with Crippen LogP contribution in [0.1, 0.15) is 36.8 Å². The first-order valence-electron chi connectivity index (χ1n) is 14.2. The highest BCUT2D eigenvalue weighted by atomic mass is 16.4. The number of phenols is 1. The van der Waals surface area contributed by atoms with Gasteiger partial charge in [-0.05, 0) is 55.1 Å². The number of carboxylic acids is 1. The number of hydrogen-bond donors (Lipinski definition) is 9. The number of aromatic nitrogens is 1. The van der Waals surface area contributed by atoms with E-state index in [4.69, 9.17) is 17.2 Å². The van der Waals surface area contributed by atoms with Gasteiger partial charge in [0, 0.05) is 29.9 Å². The molecule has 44 heavy (non-hydrogen) atoms. The number of aromatic hydroxyl groups is 1. The number of benzene rings is 2. The lowest BCUT2D eigenvalue weighted by molar-refractivity contribution is -0.142. The molecule has 0 aliphatic heterocycles. The van der Waals surface area contributed by atoms with Crippen molar-refractivity contribution in [2.24, 2.45) is 17.2 Å². The Balaban J connectivity index is 1.86. The minimum absolute atomic E-state index is 0.00219. The van der Waals surface area contributed by atoms with E-state index in [0.29, 0.717) is 30.5 Å². The minimum atomic E-state index is -1.35. The molecular formula is C30H39N7O7. The van der Waals surface area contributed by atoms with E-state index in [2.05, 4.69) is 20.9 Å². The van der Waals surface area contributed by atoms with Gasteiger partial charge < -0.3 is 48.3 Å². The first kappa shape index (κ1) is 33.6. The average Bonchev–Trinajstić information content (AvgIpc) is 3.39. The van der Waals surface area contributed by atoms with Crippen molar-refractivity contribution in [3.05, 3.63) is 65.9 Å². The minimum Gasteiger partial charge on any atom is -0.508 e. The van der Waals surface area contributed by atoms with Gasteiger partial charge in [-0.25, -0.2) is 4.79 Å². The number of amides is 4. The molecule has 4 unspecified atom stereocenters. The van der Waals surface area contributed by atoms with Crippen LogP contribution in [0.3, 0.4) is 0 Å². The van der Waals surface area contributed by atoms with Crippen LogP contribution >= 0.6 is 0 Å². The molecule has 14 nitrogen and oxygen atoms in total. The number of nitrogens with two attached hydrogens (primary N) is 3. The molecule has 236 valence electrons. The number of carboxylic acid groups (broad SMARTS) is 1. The largest absolute Gasteiger partial charge is 0.508 e. The van der Waals surface area contributed by atoms with Gasteiger partial charge in [-0.1, -0.05) is 30.3 Å². The van der Waals surface area contributed by atoms with E-state index in [1.54, 1.807) is 18.3 Å². The van der Waals surface area contributed by atoms with E-state index in [0.717, 1.165) is 10.9 Å². The summed E-state index contributed by atoms with van der Waals surface area (Å²) in [7, 11) is 0. The van der Waals surface area contributed by atoms with E-state index >= 15 is 0 Å². The smallest absolute Gasteiger partial charge is 0.326 e. The Hall–Kier alpha value is -4.95. The molecule has 12 N–H and O–H groups in total. The van der Waals surface area contributed by atoms with Crippen LogP contribution in [0.2, 0.25) is 0 Å². The van der Waals surface area contributed by atoms with Gasteiger partial charge in [-0.3, -0.25) is 19.2 Å². The number of unbranched alkanes of at least 4 members (excludes halogenated alkanes) is 1. The molecule has 0 aliphatic carbocycles. The van der Waals surface area contributed by atoms with Gasteiger partial charge in [-0.15, -0.1) is 0 Å². The number of carbonyl (C=O) groups excluding carboxylic acids is 4. The quantitative estimate of drug-likeness (QED) is 0.0895. The number of aliphatic carboxylic acids is 1. The number of fused-ring (bicyclic) bond motifs is 1. The zero-order valence-electron chi connectivity index (χ0n) is 24.1. The second kappa shape index (κ2) is 16.0. The summed E-state index contributed by atoms with van der Waals surface area (Å²) in [6, 6.07) is 8.27. The number of H-pyrrole nitrogens is 1. The maximum Gasteiger partial charge on any atom is 0.326 e. The zero-order chi connectivity index (χ0) is 32.2. The Morgan fingerprint density at radius 3 is 2.11 bits per heavy atom. The molecule has 2 aromatic carbocycles. The Morgan fingerprint density at radius 2 is 1.45 bits per heavy atom. The van der Waals surface area contributed by atoms with Gasteiger partial charge in [0.1, 0.15) is 23.9 Å². The van der Waals surface area contributed by atoms with Crippen molar-refractivity contribution in [2.75, 3.05) is 6.54 Å². The lowest BCUT2D eigenvalue weighted by Crippen LogP contribution is -2.58. The topological polar surface area (TPSA) is 256 Å². The second-order valence-corrected chi connectivity index (χ2v) is 10.5. The fourth-order valence-corrected chi connectivity index (χ4v) is 4.69. The molecular weight excluding hydrogens is 570 g/mol. The Bertz CT molecular complexity index is 1460. The summed E-state index contributed by atoms with van der Waals surface area (Å²) in [6.07, 6.45) is 2.38. The number of rotatable bonds is 17. The van der Waals surface area contributed by atoms with Crippen LogP contribution < -0.4 is 33.2 Å². The van der Waals surface area contributed by atoms with Gasteiger partial charge in [-0.2, -0.15) is 0 Å². The lowest BCUT2D eigenvalue weighted by Gasteiger charge is -2.25. The maximum atomic E-state index is 13.6. The molecule has 0 bridgehead atoms. The molecule has 1 heterocycles. The summed E-state index contributed by atoms with van der Waals surface area (Å²) in [5.74, 6) is -4.30. The zero-order valence-corrected chi connectivity index (χ0v) is 24.1. The lowest BCUT2D eigenvalue weighted by atomic mass is 10.0. The summed E-state index contributed by atoms with van der Waals surface area (Å²) < 4.78 is 0. The van der Waals surface area contributed by atoms with Crippen LogP contribution in [-0.2, 0) is 36.8 Å². The van der Waals surface area contributed by atoms with Gasteiger partial charge in [0.2, 0.25) is 23.6 Å². The highest BCUT2D eigenvalue weighted by molar-refractivity contribution is 5.95. The van der Waals surface area contributed by atoms with E-state index in [-0.39, 0.29) is 25.0 Å². The van der Waals surface area contributed by atoms with E-state index < -0.39 is 60.2 Å². The first-order chi connectivity index (χ1) is 21.0. The number of primary amides is 1. The third-order valence-electron chi connectivity index (χ3n) is 7.06. The molecule has 0 spiro atoms. The Morgan fingerprint density at radius 1 is 0.818 bits per heavy atom. The Kier molecular flexibility index (Phi) is 12.2. The molecule has 0 aliphatic rings. The Labute approximate surface area is 253 Å². The molecule has 14 heteroatoms. The van der Waals surface area contributed by atoms with Crippen molar-refractivity contribution in [3.8, 4) is 5.75 Å². The van der Waals surface area contributed by atoms with E-state index in [1.807, 2.05) is 24.3 Å². The summed E-state index contributed by atoms with van der Waals surface area (Å²) in [5.41, 5.74) is 18.6. The van der Waals surface area contributed by atoms with Crippen LogP contribution in [0, 0.1) is 0 Å². The van der Waals surface area contributed by atoms with Crippen molar-refractivity contribution >= 4 is 40.5 Å². The second-order valence-electron chi connectivity index (χ2n) is 10.5. The summed E-state index contributed by atoms with van der Waals surface area (Å²) in [4.78, 5) is 66.3. The van der Waals surface area contributed by atoms with Crippen molar-refractivity contribution in [3.63, 3.8) is 0 Å². The normalized spacial score (nSPS) is 13.8. The van der Waals surface area contributed by atoms with E-state index in [9.17, 15) is 34.2 Å². The number of hydrogen-bond acceptors (Lipinski definition) is 8. The predicted octanol–water partition coefficient (Wildman–Crippen LogP) is -0.471. The number of nitrogens with one attached hydrogen (secondary N) is 4. The fraction of sp³-hybridized carbons (Fsp3) is 0.367. The van der Waals surface area contributed by atoms with Crippen LogP contribution in [-0.4, -0.2) is 75.5 Å². The number of carbonyl (C=O) groups is 5. The maximum absolute atomic E-state index is 13.6.